The first-order chi connectivity index (χ1) is 10.0. The molecule has 0 saturated heterocycles. The number of rotatable bonds is 6. The van der Waals surface area contributed by atoms with Crippen LogP contribution in [0.4, 0.5) is 0 Å². The van der Waals surface area contributed by atoms with Crippen LogP contribution < -0.4 is 11.3 Å². The lowest BCUT2D eigenvalue weighted by atomic mass is 9.86. The number of hydrogen-bond acceptors (Lipinski definition) is 4. The molecule has 0 aliphatic heterocycles. The minimum atomic E-state index is -0.110. The molecule has 21 heavy (non-hydrogen) atoms. The van der Waals surface area contributed by atoms with E-state index in [4.69, 9.17) is 5.84 Å². The Labute approximate surface area is 126 Å². The smallest absolute Gasteiger partial charge is 0.0813 e. The predicted octanol–water partition coefficient (Wildman–Crippen LogP) is 2.11. The fraction of sp³-hybridized carbons (Fsp3) is 0.438. The molecule has 1 aromatic heterocycles. The molecule has 0 aliphatic carbocycles. The summed E-state index contributed by atoms with van der Waals surface area (Å²) in [5.74, 6) is 5.89. The molecule has 2 unspecified atom stereocenters. The molecule has 1 heterocycles. The number of hydrazine groups is 1. The molecule has 5 nitrogen and oxygen atoms in total. The lowest BCUT2D eigenvalue weighted by Crippen LogP contribution is -2.53. The molecule has 0 aliphatic rings. The van der Waals surface area contributed by atoms with E-state index in [1.165, 1.54) is 0 Å². The number of nitrogens with zero attached hydrogens (tertiary/aromatic N) is 3. The van der Waals surface area contributed by atoms with Crippen LogP contribution in [0.5, 0.6) is 0 Å². The summed E-state index contributed by atoms with van der Waals surface area (Å²) in [7, 11) is 4.16. The molecule has 0 saturated carbocycles. The van der Waals surface area contributed by atoms with Gasteiger partial charge in [-0.25, -0.2) is 10.1 Å². The van der Waals surface area contributed by atoms with Gasteiger partial charge in [0, 0.05) is 11.7 Å². The molecule has 3 N–H and O–H groups in total. The van der Waals surface area contributed by atoms with Crippen LogP contribution in [-0.4, -0.2) is 34.3 Å². The second-order valence-electron chi connectivity index (χ2n) is 5.71. The van der Waals surface area contributed by atoms with Gasteiger partial charge in [-0.2, -0.15) is 5.10 Å². The summed E-state index contributed by atoms with van der Waals surface area (Å²) >= 11 is 0. The average molecular weight is 287 g/mol. The highest BCUT2D eigenvalue weighted by Gasteiger charge is 2.37. The van der Waals surface area contributed by atoms with Crippen molar-refractivity contribution in [1.29, 1.82) is 0 Å². The van der Waals surface area contributed by atoms with Crippen molar-refractivity contribution in [1.82, 2.24) is 20.1 Å². The Morgan fingerprint density at radius 2 is 1.95 bits per heavy atom. The average Bonchev–Trinajstić information content (AvgIpc) is 2.97. The number of likely N-dealkylation sites (N-methyl/N-ethyl adjacent to an activating group) is 1. The van der Waals surface area contributed by atoms with Gasteiger partial charge in [-0.15, -0.1) is 0 Å². The first-order valence-electron chi connectivity index (χ1n) is 7.27. The predicted molar refractivity (Wildman–Crippen MR) is 86.0 cm³/mol. The van der Waals surface area contributed by atoms with Gasteiger partial charge in [0.1, 0.15) is 0 Å². The van der Waals surface area contributed by atoms with E-state index >= 15 is 0 Å². The topological polar surface area (TPSA) is 59.1 Å². The van der Waals surface area contributed by atoms with Gasteiger partial charge in [0.15, 0.2) is 0 Å². The molecule has 0 spiro atoms. The van der Waals surface area contributed by atoms with Gasteiger partial charge < -0.3 is 4.90 Å². The van der Waals surface area contributed by atoms with Crippen molar-refractivity contribution in [3.05, 3.63) is 48.3 Å². The maximum absolute atomic E-state index is 5.89. The third kappa shape index (κ3) is 2.85. The number of aromatic nitrogens is 2. The number of nitrogens with one attached hydrogen (secondary N) is 1. The van der Waals surface area contributed by atoms with Gasteiger partial charge in [-0.05, 0) is 45.6 Å². The quantitative estimate of drug-likeness (QED) is 0.631. The number of para-hydroxylation sites is 1. The maximum Gasteiger partial charge on any atom is 0.0813 e. The fourth-order valence-corrected chi connectivity index (χ4v) is 2.68. The van der Waals surface area contributed by atoms with E-state index in [-0.39, 0.29) is 11.6 Å². The summed E-state index contributed by atoms with van der Waals surface area (Å²) in [5, 5.41) is 4.47. The normalized spacial score (nSPS) is 15.9. The number of benzene rings is 1. The van der Waals surface area contributed by atoms with Crippen LogP contribution in [0.3, 0.4) is 0 Å². The molecule has 0 amide bonds. The molecule has 2 atom stereocenters. The highest BCUT2D eigenvalue weighted by atomic mass is 15.3. The number of hydrogen-bond donors (Lipinski definition) is 2. The standard InChI is InChI=1S/C16H25N5/c1-5-16(2,20(3)4)15(19-17)14-11-12-18-21(14)13-9-7-6-8-10-13/h6-12,15,19H,5,17H2,1-4H3. The molecule has 2 aromatic rings. The van der Waals surface area contributed by atoms with Crippen molar-refractivity contribution in [2.24, 2.45) is 5.84 Å². The third-order valence-electron chi connectivity index (χ3n) is 4.49. The van der Waals surface area contributed by atoms with E-state index in [0.717, 1.165) is 17.8 Å². The summed E-state index contributed by atoms with van der Waals surface area (Å²) in [4.78, 5) is 2.21. The van der Waals surface area contributed by atoms with Gasteiger partial charge in [-0.1, -0.05) is 25.1 Å². The van der Waals surface area contributed by atoms with Crippen LogP contribution >= 0.6 is 0 Å². The van der Waals surface area contributed by atoms with E-state index in [1.54, 1.807) is 0 Å². The highest BCUT2D eigenvalue weighted by Crippen LogP contribution is 2.32. The lowest BCUT2D eigenvalue weighted by molar-refractivity contribution is 0.109. The molecule has 2 rings (SSSR count). The van der Waals surface area contributed by atoms with Crippen molar-refractivity contribution in [2.75, 3.05) is 14.1 Å². The molecule has 0 radical (unpaired) electrons. The van der Waals surface area contributed by atoms with Gasteiger partial charge in [0.25, 0.3) is 0 Å². The van der Waals surface area contributed by atoms with Crippen molar-refractivity contribution in [2.45, 2.75) is 31.8 Å². The lowest BCUT2D eigenvalue weighted by Gasteiger charge is -2.42. The van der Waals surface area contributed by atoms with Gasteiger partial charge in [0.2, 0.25) is 0 Å². The van der Waals surface area contributed by atoms with Crippen molar-refractivity contribution >= 4 is 0 Å². The second-order valence-corrected chi connectivity index (χ2v) is 5.71. The van der Waals surface area contributed by atoms with Gasteiger partial charge >= 0.3 is 0 Å². The molecule has 0 bridgehead atoms. The minimum Gasteiger partial charge on any atom is -0.302 e. The molecule has 5 heteroatoms. The Kier molecular flexibility index (Phi) is 4.77. The van der Waals surface area contributed by atoms with E-state index in [2.05, 4.69) is 43.4 Å². The Morgan fingerprint density at radius 1 is 1.29 bits per heavy atom. The Morgan fingerprint density at radius 3 is 2.48 bits per heavy atom. The Hall–Kier alpha value is -1.69. The van der Waals surface area contributed by atoms with Crippen LogP contribution in [-0.2, 0) is 0 Å². The van der Waals surface area contributed by atoms with E-state index in [1.807, 2.05) is 47.3 Å². The second kappa shape index (κ2) is 6.39. The van der Waals surface area contributed by atoms with E-state index in [9.17, 15) is 0 Å². The zero-order valence-electron chi connectivity index (χ0n) is 13.2. The van der Waals surface area contributed by atoms with Crippen LogP contribution in [0.2, 0.25) is 0 Å². The van der Waals surface area contributed by atoms with Crippen molar-refractivity contribution in [3.8, 4) is 5.69 Å². The van der Waals surface area contributed by atoms with E-state index in [0.29, 0.717) is 0 Å². The monoisotopic (exact) mass is 287 g/mol. The molecule has 1 aromatic carbocycles. The maximum atomic E-state index is 5.89. The SMILES string of the molecule is CCC(C)(C(NN)c1ccnn1-c1ccccc1)N(C)C. The first kappa shape index (κ1) is 15.7. The first-order valence-corrected chi connectivity index (χ1v) is 7.27. The minimum absolute atomic E-state index is 0.0276. The summed E-state index contributed by atoms with van der Waals surface area (Å²) in [6, 6.07) is 12.1. The third-order valence-corrected chi connectivity index (χ3v) is 4.49. The molecular weight excluding hydrogens is 262 g/mol. The zero-order valence-corrected chi connectivity index (χ0v) is 13.2. The van der Waals surface area contributed by atoms with Crippen LogP contribution in [0.25, 0.3) is 5.69 Å². The van der Waals surface area contributed by atoms with Crippen LogP contribution in [0, 0.1) is 0 Å². The summed E-state index contributed by atoms with van der Waals surface area (Å²) in [6.45, 7) is 4.38. The Balaban J connectivity index is 2.48. The summed E-state index contributed by atoms with van der Waals surface area (Å²) in [6.07, 6.45) is 2.78. The highest BCUT2D eigenvalue weighted by molar-refractivity contribution is 5.34. The van der Waals surface area contributed by atoms with Gasteiger partial charge in [-0.3, -0.25) is 5.84 Å². The van der Waals surface area contributed by atoms with Crippen LogP contribution in [0.15, 0.2) is 42.6 Å². The fourth-order valence-electron chi connectivity index (χ4n) is 2.68. The molecule has 0 fully saturated rings. The van der Waals surface area contributed by atoms with Crippen molar-refractivity contribution in [3.63, 3.8) is 0 Å². The summed E-state index contributed by atoms with van der Waals surface area (Å²) in [5.41, 5.74) is 4.97. The zero-order chi connectivity index (χ0) is 15.5. The molecule has 114 valence electrons. The molecular formula is C16H25N5. The number of nitrogens with two attached hydrogens (primary N) is 1. The van der Waals surface area contributed by atoms with Crippen LogP contribution in [0.1, 0.15) is 32.0 Å². The summed E-state index contributed by atoms with van der Waals surface area (Å²) < 4.78 is 1.95. The Bertz CT molecular complexity index is 563. The van der Waals surface area contributed by atoms with Crippen molar-refractivity contribution < 1.29 is 0 Å². The van der Waals surface area contributed by atoms with Gasteiger partial charge in [0.05, 0.1) is 17.4 Å². The largest absolute Gasteiger partial charge is 0.302 e. The van der Waals surface area contributed by atoms with E-state index < -0.39 is 0 Å².